The molecular weight excluding hydrogens is 280 g/mol. The molecule has 110 valence electrons. The SMILES string of the molecule is O=Cc1c(F)cc(OC2CCCCO2)cc1C(F)(F)F. The molecule has 0 N–H and O–H groups in total. The van der Waals surface area contributed by atoms with Crippen molar-refractivity contribution in [1.29, 1.82) is 0 Å². The van der Waals surface area contributed by atoms with Gasteiger partial charge in [-0.15, -0.1) is 0 Å². The van der Waals surface area contributed by atoms with Gasteiger partial charge in [0.25, 0.3) is 0 Å². The molecule has 3 nitrogen and oxygen atoms in total. The number of rotatable bonds is 3. The van der Waals surface area contributed by atoms with E-state index in [-0.39, 0.29) is 12.0 Å². The quantitative estimate of drug-likeness (QED) is 0.631. The lowest BCUT2D eigenvalue weighted by molar-refractivity contribution is -0.138. The van der Waals surface area contributed by atoms with Crippen molar-refractivity contribution in [3.05, 3.63) is 29.1 Å². The zero-order chi connectivity index (χ0) is 14.8. The van der Waals surface area contributed by atoms with Crippen LogP contribution in [0.2, 0.25) is 0 Å². The molecule has 0 aliphatic carbocycles. The van der Waals surface area contributed by atoms with Crippen LogP contribution >= 0.6 is 0 Å². The minimum absolute atomic E-state index is 0.154. The van der Waals surface area contributed by atoms with Gasteiger partial charge in [0.15, 0.2) is 12.6 Å². The Morgan fingerprint density at radius 3 is 2.60 bits per heavy atom. The lowest BCUT2D eigenvalue weighted by Crippen LogP contribution is -2.25. The Bertz CT molecular complexity index is 493. The van der Waals surface area contributed by atoms with E-state index in [0.717, 1.165) is 18.9 Å². The summed E-state index contributed by atoms with van der Waals surface area (Å²) in [5.74, 6) is -1.56. The van der Waals surface area contributed by atoms with Crippen LogP contribution in [0.5, 0.6) is 5.75 Å². The molecule has 0 spiro atoms. The van der Waals surface area contributed by atoms with Gasteiger partial charge >= 0.3 is 6.18 Å². The molecule has 1 saturated heterocycles. The van der Waals surface area contributed by atoms with Crippen LogP contribution in [0.3, 0.4) is 0 Å². The molecule has 7 heteroatoms. The van der Waals surface area contributed by atoms with E-state index in [9.17, 15) is 22.4 Å². The normalized spacial score (nSPS) is 19.7. The van der Waals surface area contributed by atoms with E-state index in [1.807, 2.05) is 0 Å². The molecule has 0 aromatic heterocycles. The monoisotopic (exact) mass is 292 g/mol. The van der Waals surface area contributed by atoms with Crippen molar-refractivity contribution < 1.29 is 31.8 Å². The molecule has 1 aliphatic heterocycles. The highest BCUT2D eigenvalue weighted by Gasteiger charge is 2.35. The van der Waals surface area contributed by atoms with Crippen LogP contribution in [0.15, 0.2) is 12.1 Å². The zero-order valence-electron chi connectivity index (χ0n) is 10.4. The van der Waals surface area contributed by atoms with Crippen molar-refractivity contribution in [2.75, 3.05) is 6.61 Å². The summed E-state index contributed by atoms with van der Waals surface area (Å²) in [7, 11) is 0. The fourth-order valence-corrected chi connectivity index (χ4v) is 1.97. The summed E-state index contributed by atoms with van der Waals surface area (Å²) in [5, 5.41) is 0. The Labute approximate surface area is 112 Å². The maximum atomic E-state index is 13.5. The first-order valence-corrected chi connectivity index (χ1v) is 6.06. The third-order valence-electron chi connectivity index (χ3n) is 2.93. The summed E-state index contributed by atoms with van der Waals surface area (Å²) < 4.78 is 62.2. The second kappa shape index (κ2) is 5.78. The lowest BCUT2D eigenvalue weighted by Gasteiger charge is -2.24. The minimum atomic E-state index is -4.83. The number of alkyl halides is 3. The third kappa shape index (κ3) is 3.27. The van der Waals surface area contributed by atoms with Gasteiger partial charge in [0.05, 0.1) is 17.7 Å². The van der Waals surface area contributed by atoms with Crippen LogP contribution in [-0.2, 0) is 10.9 Å². The highest BCUT2D eigenvalue weighted by atomic mass is 19.4. The Kier molecular flexibility index (Phi) is 4.27. The topological polar surface area (TPSA) is 35.5 Å². The maximum Gasteiger partial charge on any atom is 0.417 e. The number of carbonyl (C=O) groups excluding carboxylic acids is 1. The summed E-state index contributed by atoms with van der Waals surface area (Å²) in [6, 6.07) is 1.38. The van der Waals surface area contributed by atoms with Crippen molar-refractivity contribution in [2.24, 2.45) is 0 Å². The van der Waals surface area contributed by atoms with Crippen LogP contribution < -0.4 is 4.74 Å². The first-order valence-electron chi connectivity index (χ1n) is 6.06. The molecular formula is C13H12F4O3. The Morgan fingerprint density at radius 2 is 2.05 bits per heavy atom. The van der Waals surface area contributed by atoms with Gasteiger partial charge in [-0.3, -0.25) is 4.79 Å². The third-order valence-corrected chi connectivity index (χ3v) is 2.93. The van der Waals surface area contributed by atoms with Gasteiger partial charge in [-0.25, -0.2) is 4.39 Å². The van der Waals surface area contributed by atoms with Crippen LogP contribution in [0, 0.1) is 5.82 Å². The van der Waals surface area contributed by atoms with Crippen LogP contribution in [0.4, 0.5) is 17.6 Å². The molecule has 1 aromatic rings. The smallest absolute Gasteiger partial charge is 0.417 e. The first kappa shape index (κ1) is 14.8. The number of aldehydes is 1. The van der Waals surface area contributed by atoms with Gasteiger partial charge in [0.1, 0.15) is 11.6 Å². The molecule has 1 atom stereocenters. The van der Waals surface area contributed by atoms with E-state index >= 15 is 0 Å². The summed E-state index contributed by atoms with van der Waals surface area (Å²) in [5.41, 5.74) is -2.37. The molecule has 1 heterocycles. The van der Waals surface area contributed by atoms with E-state index in [1.54, 1.807) is 0 Å². The Hall–Kier alpha value is -1.63. The molecule has 0 saturated carbocycles. The molecule has 1 aliphatic rings. The number of carbonyl (C=O) groups is 1. The molecule has 0 amide bonds. The van der Waals surface area contributed by atoms with E-state index < -0.39 is 29.4 Å². The van der Waals surface area contributed by atoms with Crippen molar-refractivity contribution >= 4 is 6.29 Å². The van der Waals surface area contributed by atoms with Gasteiger partial charge in [0, 0.05) is 12.5 Å². The Morgan fingerprint density at radius 1 is 1.30 bits per heavy atom. The van der Waals surface area contributed by atoms with Crippen LogP contribution in [0.1, 0.15) is 35.2 Å². The van der Waals surface area contributed by atoms with Crippen molar-refractivity contribution in [3.63, 3.8) is 0 Å². The fourth-order valence-electron chi connectivity index (χ4n) is 1.97. The molecule has 20 heavy (non-hydrogen) atoms. The zero-order valence-corrected chi connectivity index (χ0v) is 10.4. The van der Waals surface area contributed by atoms with E-state index in [4.69, 9.17) is 9.47 Å². The van der Waals surface area contributed by atoms with Crippen LogP contribution in [0.25, 0.3) is 0 Å². The summed E-state index contributed by atoms with van der Waals surface area (Å²) in [6.45, 7) is 0.450. The molecule has 0 radical (unpaired) electrons. The largest absolute Gasteiger partial charge is 0.465 e. The average molecular weight is 292 g/mol. The lowest BCUT2D eigenvalue weighted by atomic mass is 10.1. The Balaban J connectivity index is 2.30. The van der Waals surface area contributed by atoms with Crippen molar-refractivity contribution in [2.45, 2.75) is 31.7 Å². The average Bonchev–Trinajstić information content (AvgIpc) is 2.38. The number of ether oxygens (including phenoxy) is 2. The molecule has 1 fully saturated rings. The van der Waals surface area contributed by atoms with Crippen molar-refractivity contribution in [1.82, 2.24) is 0 Å². The first-order chi connectivity index (χ1) is 9.41. The van der Waals surface area contributed by atoms with Crippen LogP contribution in [-0.4, -0.2) is 19.2 Å². The predicted molar refractivity (Wildman–Crippen MR) is 61.0 cm³/mol. The molecule has 1 unspecified atom stereocenters. The fraction of sp³-hybridized carbons (Fsp3) is 0.462. The summed E-state index contributed by atoms with van der Waals surface area (Å²) in [6.07, 6.45) is -3.47. The highest BCUT2D eigenvalue weighted by molar-refractivity contribution is 5.78. The van der Waals surface area contributed by atoms with Gasteiger partial charge in [0.2, 0.25) is 0 Å². The number of halogens is 4. The number of hydrogen-bond acceptors (Lipinski definition) is 3. The van der Waals surface area contributed by atoms with Gasteiger partial charge in [-0.05, 0) is 18.9 Å². The summed E-state index contributed by atoms with van der Waals surface area (Å²) in [4.78, 5) is 10.6. The second-order valence-corrected chi connectivity index (χ2v) is 4.40. The molecule has 2 rings (SSSR count). The maximum absolute atomic E-state index is 13.5. The van der Waals surface area contributed by atoms with E-state index in [0.29, 0.717) is 19.1 Å². The van der Waals surface area contributed by atoms with Gasteiger partial charge < -0.3 is 9.47 Å². The predicted octanol–water partition coefficient (Wildman–Crippen LogP) is 3.56. The highest BCUT2D eigenvalue weighted by Crippen LogP contribution is 2.35. The minimum Gasteiger partial charge on any atom is -0.465 e. The molecule has 1 aromatic carbocycles. The molecule has 0 bridgehead atoms. The van der Waals surface area contributed by atoms with E-state index in [2.05, 4.69) is 0 Å². The standard InChI is InChI=1S/C13H12F4O3/c14-11-6-8(20-12-3-1-2-4-19-12)5-10(9(11)7-18)13(15,16)17/h5-7,12H,1-4H2. The van der Waals surface area contributed by atoms with Crippen molar-refractivity contribution in [3.8, 4) is 5.75 Å². The van der Waals surface area contributed by atoms with E-state index in [1.165, 1.54) is 0 Å². The van der Waals surface area contributed by atoms with Gasteiger partial charge in [-0.1, -0.05) is 0 Å². The number of benzene rings is 1. The van der Waals surface area contributed by atoms with Gasteiger partial charge in [-0.2, -0.15) is 13.2 Å². The number of hydrogen-bond donors (Lipinski definition) is 0. The second-order valence-electron chi connectivity index (χ2n) is 4.40. The summed E-state index contributed by atoms with van der Waals surface area (Å²) >= 11 is 0.